The van der Waals surface area contributed by atoms with Gasteiger partial charge in [0.05, 0.1) is 10.6 Å². The van der Waals surface area contributed by atoms with E-state index in [9.17, 15) is 17.6 Å². The van der Waals surface area contributed by atoms with Crippen LogP contribution in [0.1, 0.15) is 11.1 Å². The summed E-state index contributed by atoms with van der Waals surface area (Å²) in [6, 6.07) is 9.38. The first kappa shape index (κ1) is 14.7. The van der Waals surface area contributed by atoms with Crippen molar-refractivity contribution >= 4 is 17.3 Å². The molecule has 1 N–H and O–H groups in total. The summed E-state index contributed by atoms with van der Waals surface area (Å²) in [5, 5.41) is 2.45. The number of anilines is 1. The van der Waals surface area contributed by atoms with Gasteiger partial charge in [-0.2, -0.15) is 13.2 Å². The Morgan fingerprint density at radius 1 is 1.05 bits per heavy atom. The van der Waals surface area contributed by atoms with E-state index in [1.165, 1.54) is 30.3 Å². The number of rotatable bonds is 3. The highest BCUT2D eigenvalue weighted by atomic mass is 35.5. The molecular formula is C14H10ClF4N. The van der Waals surface area contributed by atoms with E-state index in [1.807, 2.05) is 0 Å². The standard InChI is InChI=1S/C14H10ClF4N/c15-13-5-4-11(7-12(13)14(17,18)19)20-8-9-2-1-3-10(16)6-9/h1-7,20H,8H2. The summed E-state index contributed by atoms with van der Waals surface area (Å²) in [7, 11) is 0. The lowest BCUT2D eigenvalue weighted by Gasteiger charge is -2.12. The molecule has 2 aromatic carbocycles. The van der Waals surface area contributed by atoms with Crippen molar-refractivity contribution in [2.45, 2.75) is 12.7 Å². The molecule has 0 aliphatic heterocycles. The number of nitrogens with one attached hydrogen (secondary N) is 1. The lowest BCUT2D eigenvalue weighted by Crippen LogP contribution is -2.07. The Bertz CT molecular complexity index is 610. The summed E-state index contributed by atoms with van der Waals surface area (Å²) in [5.41, 5.74) is 0.00269. The SMILES string of the molecule is Fc1cccc(CNc2ccc(Cl)c(C(F)(F)F)c2)c1. The summed E-state index contributed by atoms with van der Waals surface area (Å²) in [6.07, 6.45) is -4.51. The minimum absolute atomic E-state index is 0.219. The van der Waals surface area contributed by atoms with Gasteiger partial charge in [-0.25, -0.2) is 4.39 Å². The molecule has 106 valence electrons. The predicted molar refractivity (Wildman–Crippen MR) is 70.2 cm³/mol. The van der Waals surface area contributed by atoms with Gasteiger partial charge in [-0.05, 0) is 35.9 Å². The summed E-state index contributed by atoms with van der Waals surface area (Å²) >= 11 is 5.52. The highest BCUT2D eigenvalue weighted by Gasteiger charge is 2.33. The van der Waals surface area contributed by atoms with E-state index in [-0.39, 0.29) is 17.3 Å². The van der Waals surface area contributed by atoms with Crippen molar-refractivity contribution in [2.75, 3.05) is 5.32 Å². The van der Waals surface area contributed by atoms with E-state index in [0.29, 0.717) is 5.56 Å². The van der Waals surface area contributed by atoms with Crippen LogP contribution in [0, 0.1) is 5.82 Å². The van der Waals surface area contributed by atoms with Gasteiger partial charge in [-0.15, -0.1) is 0 Å². The van der Waals surface area contributed by atoms with Gasteiger partial charge in [0, 0.05) is 12.2 Å². The topological polar surface area (TPSA) is 12.0 Å². The summed E-state index contributed by atoms with van der Waals surface area (Å²) < 4.78 is 51.0. The van der Waals surface area contributed by atoms with Crippen LogP contribution in [0.2, 0.25) is 5.02 Å². The van der Waals surface area contributed by atoms with E-state index in [2.05, 4.69) is 5.32 Å². The van der Waals surface area contributed by atoms with Gasteiger partial charge in [0.25, 0.3) is 0 Å². The molecule has 0 unspecified atom stereocenters. The first-order valence-electron chi connectivity index (χ1n) is 5.71. The van der Waals surface area contributed by atoms with E-state index in [1.54, 1.807) is 6.07 Å². The number of halogens is 5. The maximum absolute atomic E-state index is 13.0. The molecule has 2 rings (SSSR count). The third-order valence-electron chi connectivity index (χ3n) is 2.66. The Hall–Kier alpha value is -1.75. The lowest BCUT2D eigenvalue weighted by molar-refractivity contribution is -0.137. The molecule has 0 saturated carbocycles. The van der Waals surface area contributed by atoms with Crippen LogP contribution in [0.15, 0.2) is 42.5 Å². The Morgan fingerprint density at radius 3 is 2.45 bits per heavy atom. The molecule has 0 fully saturated rings. The van der Waals surface area contributed by atoms with Crippen molar-refractivity contribution < 1.29 is 17.6 Å². The highest BCUT2D eigenvalue weighted by molar-refractivity contribution is 6.31. The van der Waals surface area contributed by atoms with Gasteiger partial charge in [0.15, 0.2) is 0 Å². The minimum Gasteiger partial charge on any atom is -0.381 e. The van der Waals surface area contributed by atoms with E-state index in [4.69, 9.17) is 11.6 Å². The third-order valence-corrected chi connectivity index (χ3v) is 2.99. The van der Waals surface area contributed by atoms with Crippen LogP contribution >= 0.6 is 11.6 Å². The quantitative estimate of drug-likeness (QED) is 0.777. The second kappa shape index (κ2) is 5.71. The Kier molecular flexibility index (Phi) is 4.18. The van der Waals surface area contributed by atoms with Gasteiger partial charge >= 0.3 is 6.18 Å². The average Bonchev–Trinajstić information content (AvgIpc) is 2.36. The molecule has 0 aromatic heterocycles. The molecule has 0 aliphatic carbocycles. The normalized spacial score (nSPS) is 11.4. The van der Waals surface area contributed by atoms with Crippen molar-refractivity contribution in [3.63, 3.8) is 0 Å². The maximum atomic E-state index is 13.0. The van der Waals surface area contributed by atoms with Crippen LogP contribution < -0.4 is 5.32 Å². The first-order valence-corrected chi connectivity index (χ1v) is 6.09. The van der Waals surface area contributed by atoms with Gasteiger partial charge in [-0.3, -0.25) is 0 Å². The Labute approximate surface area is 118 Å². The zero-order chi connectivity index (χ0) is 14.8. The van der Waals surface area contributed by atoms with E-state index >= 15 is 0 Å². The smallest absolute Gasteiger partial charge is 0.381 e. The first-order chi connectivity index (χ1) is 9.36. The third kappa shape index (κ3) is 3.63. The molecule has 0 radical (unpaired) electrons. The van der Waals surface area contributed by atoms with Crippen LogP contribution in [0.5, 0.6) is 0 Å². The van der Waals surface area contributed by atoms with Crippen LogP contribution in [-0.2, 0) is 12.7 Å². The second-order valence-corrected chi connectivity index (χ2v) is 4.58. The van der Waals surface area contributed by atoms with Crippen molar-refractivity contribution in [3.05, 3.63) is 64.4 Å². The highest BCUT2D eigenvalue weighted by Crippen LogP contribution is 2.36. The molecular weight excluding hydrogens is 294 g/mol. The lowest BCUT2D eigenvalue weighted by atomic mass is 10.1. The molecule has 0 saturated heterocycles. The fourth-order valence-corrected chi connectivity index (χ4v) is 1.93. The monoisotopic (exact) mass is 303 g/mol. The average molecular weight is 304 g/mol. The van der Waals surface area contributed by atoms with Crippen LogP contribution in [0.25, 0.3) is 0 Å². The largest absolute Gasteiger partial charge is 0.417 e. The predicted octanol–water partition coefficient (Wildman–Crippen LogP) is 5.11. The molecule has 0 aliphatic rings. The maximum Gasteiger partial charge on any atom is 0.417 e. The molecule has 1 nitrogen and oxygen atoms in total. The second-order valence-electron chi connectivity index (χ2n) is 4.18. The van der Waals surface area contributed by atoms with E-state index < -0.39 is 17.6 Å². The molecule has 6 heteroatoms. The van der Waals surface area contributed by atoms with E-state index in [0.717, 1.165) is 6.07 Å². The molecule has 2 aromatic rings. The fourth-order valence-electron chi connectivity index (χ4n) is 1.70. The van der Waals surface area contributed by atoms with Crippen molar-refractivity contribution in [2.24, 2.45) is 0 Å². The number of hydrogen-bond donors (Lipinski definition) is 1. The number of benzene rings is 2. The van der Waals surface area contributed by atoms with Crippen molar-refractivity contribution in [1.29, 1.82) is 0 Å². The van der Waals surface area contributed by atoms with Crippen molar-refractivity contribution in [3.8, 4) is 0 Å². The zero-order valence-electron chi connectivity index (χ0n) is 10.1. The molecule has 0 heterocycles. The summed E-state index contributed by atoms with van der Waals surface area (Å²) in [5.74, 6) is -0.392. The molecule has 20 heavy (non-hydrogen) atoms. The Balaban J connectivity index is 2.14. The van der Waals surface area contributed by atoms with Gasteiger partial charge in [-0.1, -0.05) is 23.7 Å². The van der Waals surface area contributed by atoms with Crippen LogP contribution in [0.4, 0.5) is 23.2 Å². The van der Waals surface area contributed by atoms with Crippen molar-refractivity contribution in [1.82, 2.24) is 0 Å². The summed E-state index contributed by atoms with van der Waals surface area (Å²) in [6.45, 7) is 0.219. The molecule has 0 bridgehead atoms. The summed E-state index contributed by atoms with van der Waals surface area (Å²) in [4.78, 5) is 0. The Morgan fingerprint density at radius 2 is 1.80 bits per heavy atom. The fraction of sp³-hybridized carbons (Fsp3) is 0.143. The molecule has 0 spiro atoms. The van der Waals surface area contributed by atoms with Crippen LogP contribution in [0.3, 0.4) is 0 Å². The number of alkyl halides is 3. The number of hydrogen-bond acceptors (Lipinski definition) is 1. The van der Waals surface area contributed by atoms with Crippen LogP contribution in [-0.4, -0.2) is 0 Å². The molecule has 0 amide bonds. The zero-order valence-corrected chi connectivity index (χ0v) is 10.9. The van der Waals surface area contributed by atoms with Gasteiger partial charge in [0.2, 0.25) is 0 Å². The minimum atomic E-state index is -4.51. The van der Waals surface area contributed by atoms with Gasteiger partial charge < -0.3 is 5.32 Å². The molecule has 0 atom stereocenters. The van der Waals surface area contributed by atoms with Gasteiger partial charge in [0.1, 0.15) is 5.82 Å².